The summed E-state index contributed by atoms with van der Waals surface area (Å²) in [5, 5.41) is 9.95. The highest BCUT2D eigenvalue weighted by Crippen LogP contribution is 2.29. The third-order valence-corrected chi connectivity index (χ3v) is 5.56. The number of hydrogen-bond acceptors (Lipinski definition) is 5. The number of rotatable bonds is 6. The molecule has 0 aliphatic rings. The lowest BCUT2D eigenvalue weighted by molar-refractivity contribution is 0.815. The van der Waals surface area contributed by atoms with Crippen LogP contribution in [0, 0.1) is 13.8 Å². The second-order valence-corrected chi connectivity index (χ2v) is 8.06. The van der Waals surface area contributed by atoms with Gasteiger partial charge in [-0.05, 0) is 37.5 Å². The summed E-state index contributed by atoms with van der Waals surface area (Å²) in [4.78, 5) is 28.1. The molecule has 1 unspecified atom stereocenters. The largest absolute Gasteiger partial charge is 0.325 e. The van der Waals surface area contributed by atoms with Crippen LogP contribution in [0.3, 0.4) is 0 Å². The van der Waals surface area contributed by atoms with Gasteiger partial charge in [-0.3, -0.25) is 14.3 Å². The van der Waals surface area contributed by atoms with E-state index < -0.39 is 11.2 Å². The summed E-state index contributed by atoms with van der Waals surface area (Å²) in [6.07, 6.45) is 1.32. The maximum Gasteiger partial charge on any atom is 0.325 e. The van der Waals surface area contributed by atoms with Gasteiger partial charge in [-0.25, -0.2) is 4.79 Å². The van der Waals surface area contributed by atoms with Crippen LogP contribution in [0.15, 0.2) is 39.0 Å². The molecular formula is C19H23N5O2S. The van der Waals surface area contributed by atoms with Crippen LogP contribution in [-0.2, 0) is 6.42 Å². The molecule has 0 saturated carbocycles. The van der Waals surface area contributed by atoms with Gasteiger partial charge in [0.15, 0.2) is 5.16 Å². The standard InChI is InChI=1S/C19H23N5O2S/c1-5-13(4)27-19-23-22-16(9-14-10-17(25)21-18(26)20-14)24(19)15-8-11(2)6-7-12(15)3/h6-8,10,13H,5,9H2,1-4H3,(H2,20,21,25,26). The van der Waals surface area contributed by atoms with Crippen LogP contribution >= 0.6 is 11.8 Å². The minimum absolute atomic E-state index is 0.306. The van der Waals surface area contributed by atoms with Crippen LogP contribution in [0.5, 0.6) is 0 Å². The predicted octanol–water partition coefficient (Wildman–Crippen LogP) is 2.74. The number of nitrogens with zero attached hydrogens (tertiary/aromatic N) is 3. The van der Waals surface area contributed by atoms with E-state index in [1.165, 1.54) is 6.07 Å². The number of benzene rings is 1. The fraction of sp³-hybridized carbons (Fsp3) is 0.368. The fourth-order valence-corrected chi connectivity index (χ4v) is 3.67. The lowest BCUT2D eigenvalue weighted by Gasteiger charge is -2.15. The van der Waals surface area contributed by atoms with E-state index in [1.54, 1.807) is 11.8 Å². The van der Waals surface area contributed by atoms with Gasteiger partial charge in [-0.1, -0.05) is 37.7 Å². The van der Waals surface area contributed by atoms with Gasteiger partial charge in [0.1, 0.15) is 5.82 Å². The van der Waals surface area contributed by atoms with Crippen LogP contribution in [0.1, 0.15) is 42.9 Å². The van der Waals surface area contributed by atoms with E-state index in [0.29, 0.717) is 23.2 Å². The van der Waals surface area contributed by atoms with Crippen molar-refractivity contribution in [1.29, 1.82) is 0 Å². The topological polar surface area (TPSA) is 96.4 Å². The SMILES string of the molecule is CCC(C)Sc1nnc(Cc2cc(=O)[nH]c(=O)[nH]2)n1-c1cc(C)ccc1C. The Morgan fingerprint density at radius 1 is 1.15 bits per heavy atom. The molecule has 27 heavy (non-hydrogen) atoms. The zero-order chi connectivity index (χ0) is 19.6. The number of hydrogen-bond donors (Lipinski definition) is 2. The van der Waals surface area contributed by atoms with E-state index in [1.807, 2.05) is 18.4 Å². The molecule has 142 valence electrons. The summed E-state index contributed by atoms with van der Waals surface area (Å²) in [6, 6.07) is 7.62. The summed E-state index contributed by atoms with van der Waals surface area (Å²) in [5.74, 6) is 0.677. The van der Waals surface area contributed by atoms with E-state index in [0.717, 1.165) is 28.4 Å². The first-order valence-electron chi connectivity index (χ1n) is 8.88. The molecule has 2 aromatic heterocycles. The van der Waals surface area contributed by atoms with Gasteiger partial charge in [0.05, 0.1) is 5.69 Å². The second kappa shape index (κ2) is 7.96. The number of nitrogens with one attached hydrogen (secondary N) is 2. The van der Waals surface area contributed by atoms with E-state index >= 15 is 0 Å². The van der Waals surface area contributed by atoms with Gasteiger partial charge in [-0.2, -0.15) is 0 Å². The van der Waals surface area contributed by atoms with Gasteiger partial charge in [0, 0.05) is 23.4 Å². The predicted molar refractivity (Wildman–Crippen MR) is 107 cm³/mol. The number of H-pyrrole nitrogens is 2. The summed E-state index contributed by atoms with van der Waals surface area (Å²) in [5.41, 5.74) is 2.80. The van der Waals surface area contributed by atoms with E-state index in [2.05, 4.69) is 52.2 Å². The molecule has 8 heteroatoms. The minimum atomic E-state index is -0.524. The molecule has 0 amide bonds. The van der Waals surface area contributed by atoms with Gasteiger partial charge in [-0.15, -0.1) is 10.2 Å². The molecular weight excluding hydrogens is 362 g/mol. The third-order valence-electron chi connectivity index (χ3n) is 4.35. The maximum absolute atomic E-state index is 11.6. The van der Waals surface area contributed by atoms with E-state index in [4.69, 9.17) is 0 Å². The lowest BCUT2D eigenvalue weighted by Crippen LogP contribution is -2.23. The quantitative estimate of drug-likeness (QED) is 0.636. The van der Waals surface area contributed by atoms with Crippen molar-refractivity contribution in [1.82, 2.24) is 24.7 Å². The van der Waals surface area contributed by atoms with Crippen molar-refractivity contribution in [3.8, 4) is 5.69 Å². The molecule has 1 atom stereocenters. The molecule has 3 rings (SSSR count). The Labute approximate surface area is 161 Å². The molecule has 0 fully saturated rings. The van der Waals surface area contributed by atoms with Gasteiger partial charge < -0.3 is 4.98 Å². The van der Waals surface area contributed by atoms with Crippen LogP contribution in [-0.4, -0.2) is 30.0 Å². The van der Waals surface area contributed by atoms with Crippen LogP contribution in [0.2, 0.25) is 0 Å². The molecule has 3 aromatic rings. The van der Waals surface area contributed by atoms with Gasteiger partial charge in [0.2, 0.25) is 0 Å². The lowest BCUT2D eigenvalue weighted by atomic mass is 10.1. The molecule has 0 radical (unpaired) electrons. The zero-order valence-corrected chi connectivity index (χ0v) is 16.7. The molecule has 0 aliphatic heterocycles. The van der Waals surface area contributed by atoms with Crippen molar-refractivity contribution in [3.63, 3.8) is 0 Å². The van der Waals surface area contributed by atoms with Crippen LogP contribution in [0.4, 0.5) is 0 Å². The van der Waals surface area contributed by atoms with Crippen molar-refractivity contribution in [3.05, 3.63) is 67.7 Å². The number of thioether (sulfide) groups is 1. The van der Waals surface area contributed by atoms with Crippen LogP contribution < -0.4 is 11.2 Å². The molecule has 0 spiro atoms. The Bertz CT molecular complexity index is 1040. The van der Waals surface area contributed by atoms with Crippen molar-refractivity contribution >= 4 is 11.8 Å². The number of aryl methyl sites for hydroxylation is 2. The first-order valence-corrected chi connectivity index (χ1v) is 9.76. The van der Waals surface area contributed by atoms with Gasteiger partial charge in [0.25, 0.3) is 5.56 Å². The Morgan fingerprint density at radius 3 is 2.63 bits per heavy atom. The molecule has 1 aromatic carbocycles. The normalized spacial score (nSPS) is 12.3. The second-order valence-electron chi connectivity index (χ2n) is 6.65. The highest BCUT2D eigenvalue weighted by Gasteiger charge is 2.18. The zero-order valence-electron chi connectivity index (χ0n) is 15.9. The first-order chi connectivity index (χ1) is 12.9. The first kappa shape index (κ1) is 19.2. The number of aromatic amines is 2. The van der Waals surface area contributed by atoms with Crippen molar-refractivity contribution in [2.45, 2.75) is 50.9 Å². The maximum atomic E-state index is 11.6. The Morgan fingerprint density at radius 2 is 1.93 bits per heavy atom. The van der Waals surface area contributed by atoms with Crippen LogP contribution in [0.25, 0.3) is 5.69 Å². The molecule has 0 aliphatic carbocycles. The summed E-state index contributed by atoms with van der Waals surface area (Å²) < 4.78 is 2.03. The molecule has 2 N–H and O–H groups in total. The summed E-state index contributed by atoms with van der Waals surface area (Å²) in [7, 11) is 0. The van der Waals surface area contributed by atoms with Crippen molar-refractivity contribution < 1.29 is 0 Å². The van der Waals surface area contributed by atoms with Crippen molar-refractivity contribution in [2.24, 2.45) is 0 Å². The number of aromatic nitrogens is 5. The Balaban J connectivity index is 2.12. The minimum Gasteiger partial charge on any atom is -0.311 e. The molecule has 7 nitrogen and oxygen atoms in total. The van der Waals surface area contributed by atoms with E-state index in [-0.39, 0.29) is 0 Å². The molecule has 0 saturated heterocycles. The Hall–Kier alpha value is -2.61. The van der Waals surface area contributed by atoms with Gasteiger partial charge >= 0.3 is 5.69 Å². The third kappa shape index (κ3) is 4.39. The van der Waals surface area contributed by atoms with Crippen molar-refractivity contribution in [2.75, 3.05) is 0 Å². The highest BCUT2D eigenvalue weighted by atomic mass is 32.2. The molecule has 0 bridgehead atoms. The fourth-order valence-electron chi connectivity index (χ4n) is 2.74. The van der Waals surface area contributed by atoms with E-state index in [9.17, 15) is 9.59 Å². The average molecular weight is 385 g/mol. The average Bonchev–Trinajstić information content (AvgIpc) is 2.98. The monoisotopic (exact) mass is 385 g/mol. The summed E-state index contributed by atoms with van der Waals surface area (Å²) >= 11 is 1.67. The highest BCUT2D eigenvalue weighted by molar-refractivity contribution is 7.99. The molecule has 2 heterocycles. The smallest absolute Gasteiger partial charge is 0.311 e. The Kier molecular flexibility index (Phi) is 5.65. The summed E-state index contributed by atoms with van der Waals surface area (Å²) in [6.45, 7) is 8.38.